The van der Waals surface area contributed by atoms with Gasteiger partial charge in [-0.25, -0.2) is 52.7 Å². The first-order chi connectivity index (χ1) is 43.4. The monoisotopic (exact) mass is 1550 g/mol. The van der Waals surface area contributed by atoms with Crippen LogP contribution in [0.25, 0.3) is 0 Å². The third-order valence-corrected chi connectivity index (χ3v) is 13.5. The second-order valence-corrected chi connectivity index (χ2v) is 32.7. The van der Waals surface area contributed by atoms with Crippen LogP contribution in [0.5, 0.6) is 0 Å². The summed E-state index contributed by atoms with van der Waals surface area (Å²) in [5.74, 6) is -2.84. The van der Waals surface area contributed by atoms with Crippen molar-refractivity contribution in [1.82, 2.24) is 34.7 Å². The predicted octanol–water partition coefficient (Wildman–Crippen LogP) is 9.58. The van der Waals surface area contributed by atoms with Crippen molar-refractivity contribution in [1.29, 1.82) is 0 Å². The minimum atomic E-state index is -1.75. The zero-order chi connectivity index (χ0) is 75.2. The molecule has 0 saturated carbocycles. The van der Waals surface area contributed by atoms with Crippen LogP contribution in [0.1, 0.15) is 110 Å². The molecule has 0 aromatic heterocycles. The van der Waals surface area contributed by atoms with Crippen LogP contribution in [0.2, 0.25) is 0 Å². The number of carbonyl (C=O) groups is 11. The highest BCUT2D eigenvalue weighted by molar-refractivity contribution is 6.68. The molecule has 0 aromatic rings. The van der Waals surface area contributed by atoms with Gasteiger partial charge in [-0.05, 0) is 89.5 Å². The summed E-state index contributed by atoms with van der Waals surface area (Å²) in [7, 11) is 5.62. The van der Waals surface area contributed by atoms with Crippen molar-refractivity contribution in [2.45, 2.75) is 191 Å². The Kier molecular flexibility index (Phi) is 35.9. The van der Waals surface area contributed by atoms with Crippen LogP contribution in [-0.4, -0.2) is 272 Å². The molecule has 550 valence electrons. The van der Waals surface area contributed by atoms with Crippen molar-refractivity contribution in [3.05, 3.63) is 0 Å². The Hall–Kier alpha value is -4.73. The Balaban J connectivity index is 0.00000125. The number of alkyl halides is 10. The Morgan fingerprint density at radius 1 is 0.484 bits per heavy atom. The summed E-state index contributed by atoms with van der Waals surface area (Å²) in [4.78, 5) is 139. The van der Waals surface area contributed by atoms with E-state index in [9.17, 15) is 62.2 Å². The molecule has 40 heteroatoms. The number of hydrogen-bond donors (Lipinski definition) is 3. The number of nitrogens with zero attached hydrogens (tertiary/aromatic N) is 6. The van der Waals surface area contributed by atoms with Crippen LogP contribution < -0.4 is 11.1 Å². The molecule has 95 heavy (non-hydrogen) atoms. The van der Waals surface area contributed by atoms with Gasteiger partial charge in [0.2, 0.25) is 11.4 Å². The molecule has 0 radical (unpaired) electrons. The number of aliphatic carboxylic acids is 1. The smallest absolute Gasteiger partial charge is 0.411 e. The van der Waals surface area contributed by atoms with Gasteiger partial charge in [0.25, 0.3) is 0 Å². The van der Waals surface area contributed by atoms with Crippen molar-refractivity contribution in [3.8, 4) is 0 Å². The zero-order valence-corrected chi connectivity index (χ0v) is 62.5. The maximum Gasteiger partial charge on any atom is 0.411 e. The number of likely N-dealkylation sites (tertiary alicyclic amines) is 4. The molecule has 4 rings (SSSR count). The topological polar surface area (TPSA) is 358 Å². The first kappa shape index (κ1) is 88.3. The summed E-state index contributed by atoms with van der Waals surface area (Å²) in [5, 5.41) is 11.9. The number of nitrogens with two attached hydrogens (primary N) is 1. The Bertz CT molecular complexity index is 2600. The minimum Gasteiger partial charge on any atom is -0.480 e. The molecule has 4 aliphatic rings. The van der Waals surface area contributed by atoms with E-state index in [0.29, 0.717) is 13.0 Å². The molecule has 4 saturated heterocycles. The Labute approximate surface area is 598 Å². The number of esters is 3. The van der Waals surface area contributed by atoms with Gasteiger partial charge < -0.3 is 73.3 Å². The predicted molar refractivity (Wildman–Crippen MR) is 349 cm³/mol. The largest absolute Gasteiger partial charge is 0.480 e. The van der Waals surface area contributed by atoms with E-state index in [-0.39, 0.29) is 44.9 Å². The molecule has 4 N–H and O–H groups in total. The number of nitrogens with one attached hydrogen (secondary N) is 1. The van der Waals surface area contributed by atoms with Gasteiger partial charge in [0.15, 0.2) is 0 Å². The third kappa shape index (κ3) is 35.1. The van der Waals surface area contributed by atoms with Gasteiger partial charge >= 0.3 is 66.5 Å². The fourth-order valence-corrected chi connectivity index (χ4v) is 9.04. The third-order valence-electron chi connectivity index (χ3n) is 12.5. The minimum absolute atomic E-state index is 0.00868. The highest BCUT2D eigenvalue weighted by atomic mass is 35.6. The van der Waals surface area contributed by atoms with Crippen molar-refractivity contribution in [2.75, 3.05) is 88.6 Å². The number of likely N-dealkylation sites (N-methyl/N-ethyl adjacent to an activating group) is 2. The van der Waals surface area contributed by atoms with Crippen LogP contribution in [-0.2, 0) is 66.5 Å². The van der Waals surface area contributed by atoms with Crippen molar-refractivity contribution < 1.29 is 111 Å². The quantitative estimate of drug-likeness (QED) is 0.104. The Morgan fingerprint density at radius 2 is 0.758 bits per heavy atom. The van der Waals surface area contributed by atoms with Gasteiger partial charge in [-0.15, -0.1) is 0 Å². The second kappa shape index (κ2) is 38.6. The van der Waals surface area contributed by atoms with Crippen molar-refractivity contribution in [3.63, 3.8) is 0 Å². The van der Waals surface area contributed by atoms with Gasteiger partial charge in [0, 0.05) is 65.6 Å². The number of carboxylic acids is 1. The summed E-state index contributed by atoms with van der Waals surface area (Å²) in [6.07, 6.45) is -4.22. The maximum absolute atomic E-state index is 12.4. The van der Waals surface area contributed by atoms with Crippen LogP contribution in [0, 0.1) is 0 Å². The SMILES string of the molecule is CN(C(=O)OCC(Cl)(Cl)Cl)[C@H]1C[C@@H](C(=O)O)N(C(=O)OC(C)(C)C)C1.COC(=O)[C@@H]1C[C@H](N(C)C(=O)OCC(Cl)(Cl)Cl)CN1C(=O)OC(C)(C)C.COC(=O)[C@@H]1C[C@H](N)CN1C(=O)OC(C)(C)C.COC(=O)[C@@H]1C[C@H](NC(=O)OCC(Cl)(Cl)Cl)CN1C(=O)OC(C)(C)C.[2H]CF. The first-order valence-electron chi connectivity index (χ1n) is 29.1. The molecule has 30 nitrogen and oxygen atoms in total. The molecule has 0 aliphatic carbocycles. The molecule has 0 bridgehead atoms. The summed E-state index contributed by atoms with van der Waals surface area (Å²) in [5.41, 5.74) is 2.93. The normalized spacial score (nSPS) is 21.2. The van der Waals surface area contributed by atoms with Gasteiger partial charge in [-0.3, -0.25) is 24.0 Å². The number of amides is 7. The molecule has 4 fully saturated rings. The van der Waals surface area contributed by atoms with E-state index in [0.717, 1.165) is 4.90 Å². The fraction of sp³-hybridized carbons (Fsp3) is 0.800. The van der Waals surface area contributed by atoms with E-state index in [1.807, 2.05) is 0 Å². The number of rotatable bonds is 10. The van der Waals surface area contributed by atoms with E-state index in [1.54, 1.807) is 83.1 Å². The van der Waals surface area contributed by atoms with Crippen molar-refractivity contribution in [2.24, 2.45) is 5.73 Å². The van der Waals surface area contributed by atoms with Crippen LogP contribution in [0.3, 0.4) is 0 Å². The molecule has 0 aromatic carbocycles. The number of hydrogen-bond acceptors (Lipinski definition) is 22. The van der Waals surface area contributed by atoms with Gasteiger partial charge in [-0.2, -0.15) is 0 Å². The lowest BCUT2D eigenvalue weighted by Gasteiger charge is -2.28. The summed E-state index contributed by atoms with van der Waals surface area (Å²) in [6, 6.07) is -5.31. The lowest BCUT2D eigenvalue weighted by atomic mass is 10.1. The lowest BCUT2D eigenvalue weighted by molar-refractivity contribution is -0.146. The highest BCUT2D eigenvalue weighted by Crippen LogP contribution is 2.32. The number of ether oxygens (including phenoxy) is 10. The standard InChI is InChI=1S/C15H23Cl3N2O6.2C14H21Cl3N2O6.C11H20N2O4.CH3F/c1-14(2,3)26-13(23)20-7-9(6-10(20)11(21)24-5)19(4)12(22)25-8-15(16,17)18;1-13(2,3)25-12(22)19-6-8(5-9(19)10(20)23-4)18-11(21)24-7-14(15,16)17;1-13(2,3)25-12(23)19-6-8(5-9(19)10(20)21)18(4)11(22)24-7-14(15,16)17;1-11(2,3)17-10(15)13-6-7(12)5-8(13)9(14)16-4;1-2/h9-10H,6-8H2,1-5H3;8-9H,5-7H2,1-4H3,(H,18,21);8-9H,5-7H2,1-4H3,(H,20,21);7-8H,5-6,12H2,1-4H3;1H3/t9-,10-;2*8-,9-;7-,8-;/m0000./s1/i;;;;1D. The molecule has 7 amide bonds. The second-order valence-electron chi connectivity index (χ2n) is 25.1. The average Bonchev–Trinajstić information content (AvgIpc) is 1.69. The van der Waals surface area contributed by atoms with Crippen LogP contribution >= 0.6 is 104 Å². The molecule has 0 unspecified atom stereocenters. The molecule has 4 aliphatic heterocycles. The van der Waals surface area contributed by atoms with Crippen LogP contribution in [0.4, 0.5) is 38.0 Å². The molecular weight excluding hydrogens is 1460 g/mol. The average molecular weight is 1550 g/mol. The van der Waals surface area contributed by atoms with Gasteiger partial charge in [0.1, 0.15) is 66.4 Å². The number of carbonyl (C=O) groups excluding carboxylic acids is 10. The zero-order valence-electron chi connectivity index (χ0n) is 56.7. The van der Waals surface area contributed by atoms with E-state index < -0.39 is 170 Å². The first-order valence-corrected chi connectivity index (χ1v) is 31.8. The molecule has 4 heterocycles. The fourth-order valence-electron chi connectivity index (χ4n) is 8.54. The van der Waals surface area contributed by atoms with E-state index in [2.05, 4.69) is 10.1 Å². The van der Waals surface area contributed by atoms with E-state index in [4.69, 9.17) is 154 Å². The summed E-state index contributed by atoms with van der Waals surface area (Å²) in [6.45, 7) is 19.7. The van der Waals surface area contributed by atoms with E-state index >= 15 is 0 Å². The molecule has 0 spiro atoms. The molecule has 8 atom stereocenters. The number of alkyl carbamates (subject to hydrolysis) is 1. The maximum atomic E-state index is 12.4. The molecular formula is C55H88Cl9FN8O22. The number of methoxy groups -OCH3 is 3. The summed E-state index contributed by atoms with van der Waals surface area (Å²) < 4.78 is 60.0. The Morgan fingerprint density at radius 3 is 1.06 bits per heavy atom. The van der Waals surface area contributed by atoms with Crippen molar-refractivity contribution >= 4 is 171 Å². The number of halogens is 10. The number of carboxylic acid groups (broad SMARTS) is 1. The summed E-state index contributed by atoms with van der Waals surface area (Å²) >= 11 is 49.7. The lowest BCUT2D eigenvalue weighted by Crippen LogP contribution is -2.44. The van der Waals surface area contributed by atoms with Gasteiger partial charge in [-0.1, -0.05) is 104 Å². The van der Waals surface area contributed by atoms with Gasteiger partial charge in [0.05, 0.1) is 48.0 Å². The van der Waals surface area contributed by atoms with E-state index in [1.165, 1.54) is 59.9 Å². The van der Waals surface area contributed by atoms with Crippen LogP contribution in [0.15, 0.2) is 0 Å². The highest BCUT2D eigenvalue weighted by Gasteiger charge is 2.48.